The monoisotopic (exact) mass is 172 g/mol. The minimum absolute atomic E-state index is 0.288. The van der Waals surface area contributed by atoms with Gasteiger partial charge in [0.15, 0.2) is 0 Å². The van der Waals surface area contributed by atoms with E-state index in [1.807, 2.05) is 13.8 Å². The van der Waals surface area contributed by atoms with Crippen molar-refractivity contribution >= 4 is 11.6 Å². The van der Waals surface area contributed by atoms with Crippen LogP contribution in [0.1, 0.15) is 13.8 Å². The lowest BCUT2D eigenvalue weighted by Crippen LogP contribution is -2.19. The summed E-state index contributed by atoms with van der Waals surface area (Å²) in [5.41, 5.74) is -0.420. The zero-order valence-electron chi connectivity index (χ0n) is 7.15. The molecule has 0 N–H and O–H groups in total. The van der Waals surface area contributed by atoms with Crippen LogP contribution in [0, 0.1) is 11.8 Å². The van der Waals surface area contributed by atoms with Gasteiger partial charge in [0.05, 0.1) is 0 Å². The molecule has 0 aromatic carbocycles. The van der Waals surface area contributed by atoms with Crippen LogP contribution in [0.2, 0.25) is 0 Å². The lowest BCUT2D eigenvalue weighted by molar-refractivity contribution is 0.0741. The van der Waals surface area contributed by atoms with E-state index in [9.17, 15) is 0 Å². The fourth-order valence-corrected chi connectivity index (χ4v) is 0.407. The molecule has 0 heterocycles. The van der Waals surface area contributed by atoms with Crippen LogP contribution >= 0.6 is 11.6 Å². The number of rotatable bonds is 2. The Morgan fingerprint density at radius 3 is 2.55 bits per heavy atom. The van der Waals surface area contributed by atoms with Gasteiger partial charge in [-0.3, -0.25) is 0 Å². The molecule has 0 fully saturated rings. The quantitative estimate of drug-likeness (QED) is 0.353. The topological polar surface area (TPSA) is 9.23 Å². The lowest BCUT2D eigenvalue weighted by atomic mass is 10.1. The molecule has 0 aliphatic rings. The molecule has 0 aliphatic heterocycles. The summed E-state index contributed by atoms with van der Waals surface area (Å²) in [5.74, 6) is 5.68. The van der Waals surface area contributed by atoms with Crippen molar-refractivity contribution in [1.29, 1.82) is 0 Å². The summed E-state index contributed by atoms with van der Waals surface area (Å²) in [7, 11) is 1.62. The maximum Gasteiger partial charge on any atom is 0.122 e. The molecule has 0 radical (unpaired) electrons. The van der Waals surface area contributed by atoms with Gasteiger partial charge in [0, 0.05) is 7.11 Å². The first-order chi connectivity index (χ1) is 5.02. The maximum absolute atomic E-state index is 5.68. The molecule has 2 heteroatoms. The predicted octanol–water partition coefficient (Wildman–Crippen LogP) is 2.21. The van der Waals surface area contributed by atoms with Crippen LogP contribution < -0.4 is 0 Å². The van der Waals surface area contributed by atoms with E-state index in [1.165, 1.54) is 0 Å². The number of allylic oxidation sites excluding steroid dienone is 1. The van der Waals surface area contributed by atoms with Crippen molar-refractivity contribution in [3.8, 4) is 11.8 Å². The van der Waals surface area contributed by atoms with Crippen molar-refractivity contribution in [2.75, 3.05) is 7.11 Å². The Morgan fingerprint density at radius 1 is 1.64 bits per heavy atom. The predicted molar refractivity (Wildman–Crippen MR) is 48.7 cm³/mol. The van der Waals surface area contributed by atoms with Crippen molar-refractivity contribution in [2.45, 2.75) is 24.8 Å². The van der Waals surface area contributed by atoms with Crippen LogP contribution in [0.25, 0.3) is 0 Å². The minimum Gasteiger partial charge on any atom is -0.366 e. The smallest absolute Gasteiger partial charge is 0.122 e. The molecule has 0 rings (SSSR count). The van der Waals surface area contributed by atoms with Gasteiger partial charge >= 0.3 is 0 Å². The highest BCUT2D eigenvalue weighted by atomic mass is 35.5. The summed E-state index contributed by atoms with van der Waals surface area (Å²) in [4.78, 5) is 0. The Bertz CT molecular complexity index is 185. The van der Waals surface area contributed by atoms with Crippen LogP contribution in [0.5, 0.6) is 0 Å². The minimum atomic E-state index is -0.420. The van der Waals surface area contributed by atoms with Gasteiger partial charge in [0.1, 0.15) is 11.0 Å². The van der Waals surface area contributed by atoms with Crippen LogP contribution in [0.4, 0.5) is 0 Å². The summed E-state index contributed by atoms with van der Waals surface area (Å²) in [6.07, 6.45) is 1.58. The average Bonchev–Trinajstić information content (AvgIpc) is 2.00. The molecular formula is C9H13ClO. The standard InChI is InChI=1S/C9H13ClO/c1-5-8(10)6-7-9(2,3)11-4/h5,8H,1H2,2-4H3. The third-order valence-corrected chi connectivity index (χ3v) is 1.52. The van der Waals surface area contributed by atoms with Crippen LogP contribution in [0.15, 0.2) is 12.7 Å². The van der Waals surface area contributed by atoms with E-state index >= 15 is 0 Å². The molecule has 1 nitrogen and oxygen atoms in total. The molecule has 0 saturated carbocycles. The van der Waals surface area contributed by atoms with E-state index in [1.54, 1.807) is 13.2 Å². The highest BCUT2D eigenvalue weighted by molar-refractivity contribution is 6.23. The van der Waals surface area contributed by atoms with Gasteiger partial charge in [-0.2, -0.15) is 0 Å². The van der Waals surface area contributed by atoms with Crippen molar-refractivity contribution in [2.24, 2.45) is 0 Å². The zero-order chi connectivity index (χ0) is 8.91. The SMILES string of the molecule is C=CC(Cl)C#CC(C)(C)OC. The van der Waals surface area contributed by atoms with Gasteiger partial charge in [-0.25, -0.2) is 0 Å². The Hall–Kier alpha value is -0.450. The number of halogens is 1. The van der Waals surface area contributed by atoms with Gasteiger partial charge in [0.25, 0.3) is 0 Å². The second kappa shape index (κ2) is 4.43. The highest BCUT2D eigenvalue weighted by Crippen LogP contribution is 2.05. The molecule has 0 amide bonds. The largest absolute Gasteiger partial charge is 0.366 e. The van der Waals surface area contributed by atoms with E-state index in [0.29, 0.717) is 0 Å². The fraction of sp³-hybridized carbons (Fsp3) is 0.556. The summed E-state index contributed by atoms with van der Waals surface area (Å²) in [6.45, 7) is 7.28. The molecule has 1 unspecified atom stereocenters. The molecule has 0 spiro atoms. The Kier molecular flexibility index (Phi) is 4.25. The Labute approximate surface area is 73.4 Å². The van der Waals surface area contributed by atoms with E-state index in [2.05, 4.69) is 18.4 Å². The van der Waals surface area contributed by atoms with E-state index in [-0.39, 0.29) is 5.38 Å². The summed E-state index contributed by atoms with van der Waals surface area (Å²) >= 11 is 5.68. The second-order valence-electron chi connectivity index (χ2n) is 2.62. The van der Waals surface area contributed by atoms with E-state index in [4.69, 9.17) is 16.3 Å². The van der Waals surface area contributed by atoms with Crippen molar-refractivity contribution in [3.63, 3.8) is 0 Å². The molecule has 1 atom stereocenters. The Balaban J connectivity index is 4.15. The molecule has 0 aromatic heterocycles. The molecule has 0 aromatic rings. The molecule has 0 bridgehead atoms. The van der Waals surface area contributed by atoms with Gasteiger partial charge in [-0.15, -0.1) is 18.2 Å². The number of hydrogen-bond acceptors (Lipinski definition) is 1. The highest BCUT2D eigenvalue weighted by Gasteiger charge is 2.10. The summed E-state index contributed by atoms with van der Waals surface area (Å²) < 4.78 is 5.07. The Morgan fingerprint density at radius 2 is 2.18 bits per heavy atom. The van der Waals surface area contributed by atoms with Crippen molar-refractivity contribution < 1.29 is 4.74 Å². The molecular weight excluding hydrogens is 160 g/mol. The van der Waals surface area contributed by atoms with E-state index in [0.717, 1.165) is 0 Å². The third kappa shape index (κ3) is 4.89. The summed E-state index contributed by atoms with van der Waals surface area (Å²) in [5, 5.41) is -0.288. The number of hydrogen-bond donors (Lipinski definition) is 0. The first-order valence-corrected chi connectivity index (χ1v) is 3.80. The first-order valence-electron chi connectivity index (χ1n) is 3.36. The van der Waals surface area contributed by atoms with Gasteiger partial charge in [-0.05, 0) is 13.8 Å². The second-order valence-corrected chi connectivity index (χ2v) is 3.09. The van der Waals surface area contributed by atoms with Crippen molar-refractivity contribution in [3.05, 3.63) is 12.7 Å². The fourth-order valence-electron chi connectivity index (χ4n) is 0.353. The third-order valence-electron chi connectivity index (χ3n) is 1.23. The molecule has 62 valence electrons. The van der Waals surface area contributed by atoms with Crippen LogP contribution in [-0.4, -0.2) is 18.1 Å². The van der Waals surface area contributed by atoms with Gasteiger partial charge in [-0.1, -0.05) is 17.9 Å². The number of ether oxygens (including phenoxy) is 1. The van der Waals surface area contributed by atoms with Crippen LogP contribution in [0.3, 0.4) is 0 Å². The molecule has 0 aliphatic carbocycles. The number of methoxy groups -OCH3 is 1. The van der Waals surface area contributed by atoms with Gasteiger partial charge in [0.2, 0.25) is 0 Å². The van der Waals surface area contributed by atoms with Gasteiger partial charge < -0.3 is 4.74 Å². The van der Waals surface area contributed by atoms with Crippen molar-refractivity contribution in [1.82, 2.24) is 0 Å². The molecule has 0 saturated heterocycles. The van der Waals surface area contributed by atoms with Crippen LogP contribution in [-0.2, 0) is 4.74 Å². The molecule has 11 heavy (non-hydrogen) atoms. The maximum atomic E-state index is 5.68. The number of alkyl halides is 1. The normalized spacial score (nSPS) is 13.1. The van der Waals surface area contributed by atoms with E-state index < -0.39 is 5.60 Å². The average molecular weight is 173 g/mol. The lowest BCUT2D eigenvalue weighted by Gasteiger charge is -2.14. The zero-order valence-corrected chi connectivity index (χ0v) is 7.90. The summed E-state index contributed by atoms with van der Waals surface area (Å²) in [6, 6.07) is 0. The first kappa shape index (κ1) is 10.6.